The van der Waals surface area contributed by atoms with E-state index in [0.717, 1.165) is 18.8 Å². The van der Waals surface area contributed by atoms with Crippen LogP contribution in [0.2, 0.25) is 0 Å². The van der Waals surface area contributed by atoms with E-state index in [-0.39, 0.29) is 5.97 Å². The first-order valence-electron chi connectivity index (χ1n) is 5.40. The van der Waals surface area contributed by atoms with Gasteiger partial charge in [-0.15, -0.1) is 0 Å². The number of aromatic nitrogens is 1. The van der Waals surface area contributed by atoms with E-state index >= 15 is 0 Å². The zero-order valence-electron chi connectivity index (χ0n) is 8.86. The topological polar surface area (TPSA) is 52.3 Å². The smallest absolute Gasteiger partial charge is 0.360 e. The van der Waals surface area contributed by atoms with Crippen molar-refractivity contribution in [1.29, 1.82) is 0 Å². The van der Waals surface area contributed by atoms with Gasteiger partial charge in [0.15, 0.2) is 12.1 Å². The number of carbonyl (C=O) groups excluding carboxylic acids is 1. The fourth-order valence-corrected chi connectivity index (χ4v) is 1.56. The standard InChI is InChI=1S/C11H15NO3/c1-2-14-11(13)10-9(15-7-12-10)6-5-8-3-4-8/h7-8H,2-6H2,1H3. The number of esters is 1. The maximum Gasteiger partial charge on any atom is 0.360 e. The molecule has 1 aliphatic rings. The molecular weight excluding hydrogens is 194 g/mol. The van der Waals surface area contributed by atoms with Crippen LogP contribution < -0.4 is 0 Å². The molecule has 0 amide bonds. The first-order chi connectivity index (χ1) is 7.31. The van der Waals surface area contributed by atoms with Crippen LogP contribution in [-0.2, 0) is 11.2 Å². The van der Waals surface area contributed by atoms with Crippen molar-refractivity contribution in [3.05, 3.63) is 17.8 Å². The van der Waals surface area contributed by atoms with Crippen LogP contribution >= 0.6 is 0 Å². The number of nitrogens with zero attached hydrogens (tertiary/aromatic N) is 1. The van der Waals surface area contributed by atoms with Crippen molar-refractivity contribution in [1.82, 2.24) is 4.98 Å². The number of hydrogen-bond acceptors (Lipinski definition) is 4. The molecule has 15 heavy (non-hydrogen) atoms. The molecule has 0 unspecified atom stereocenters. The van der Waals surface area contributed by atoms with Crippen molar-refractivity contribution in [3.8, 4) is 0 Å². The third-order valence-electron chi connectivity index (χ3n) is 2.59. The Hall–Kier alpha value is -1.32. The molecule has 1 fully saturated rings. The van der Waals surface area contributed by atoms with Gasteiger partial charge >= 0.3 is 5.97 Å². The summed E-state index contributed by atoms with van der Waals surface area (Å²) in [5.41, 5.74) is 0.345. The highest BCUT2D eigenvalue weighted by Crippen LogP contribution is 2.33. The normalized spacial score (nSPS) is 15.3. The Balaban J connectivity index is 1.96. The zero-order valence-corrected chi connectivity index (χ0v) is 8.86. The van der Waals surface area contributed by atoms with Gasteiger partial charge in [0.05, 0.1) is 6.61 Å². The monoisotopic (exact) mass is 209 g/mol. The summed E-state index contributed by atoms with van der Waals surface area (Å²) < 4.78 is 10.1. The molecule has 0 aromatic carbocycles. The Morgan fingerprint density at radius 1 is 1.67 bits per heavy atom. The third-order valence-corrected chi connectivity index (χ3v) is 2.59. The van der Waals surface area contributed by atoms with Crippen LogP contribution in [-0.4, -0.2) is 17.6 Å². The Labute approximate surface area is 88.6 Å². The third kappa shape index (κ3) is 2.58. The molecule has 0 N–H and O–H groups in total. The molecule has 1 saturated carbocycles. The summed E-state index contributed by atoms with van der Waals surface area (Å²) in [6, 6.07) is 0. The van der Waals surface area contributed by atoms with Crippen LogP contribution in [0.3, 0.4) is 0 Å². The second-order valence-corrected chi connectivity index (χ2v) is 3.83. The number of ether oxygens (including phenoxy) is 1. The van der Waals surface area contributed by atoms with Gasteiger partial charge in [-0.25, -0.2) is 9.78 Å². The van der Waals surface area contributed by atoms with E-state index in [1.54, 1.807) is 6.92 Å². The average molecular weight is 209 g/mol. The van der Waals surface area contributed by atoms with Crippen molar-refractivity contribution in [3.63, 3.8) is 0 Å². The lowest BCUT2D eigenvalue weighted by Gasteiger charge is -2.00. The van der Waals surface area contributed by atoms with E-state index in [1.165, 1.54) is 19.2 Å². The minimum Gasteiger partial charge on any atom is -0.461 e. The first kappa shape index (κ1) is 10.2. The van der Waals surface area contributed by atoms with Gasteiger partial charge < -0.3 is 9.15 Å². The molecule has 1 aromatic heterocycles. The number of carbonyl (C=O) groups is 1. The molecule has 0 atom stereocenters. The van der Waals surface area contributed by atoms with Gasteiger partial charge in [0.1, 0.15) is 5.76 Å². The summed E-state index contributed by atoms with van der Waals surface area (Å²) in [6.07, 6.45) is 5.81. The SMILES string of the molecule is CCOC(=O)c1ncoc1CCC1CC1. The molecule has 0 saturated heterocycles. The van der Waals surface area contributed by atoms with Gasteiger partial charge in [-0.05, 0) is 19.3 Å². The van der Waals surface area contributed by atoms with Gasteiger partial charge in [0, 0.05) is 6.42 Å². The lowest BCUT2D eigenvalue weighted by Crippen LogP contribution is -2.07. The van der Waals surface area contributed by atoms with Gasteiger partial charge in [0.2, 0.25) is 0 Å². The predicted molar refractivity (Wildman–Crippen MR) is 53.5 cm³/mol. The molecule has 1 heterocycles. The molecule has 0 aliphatic heterocycles. The summed E-state index contributed by atoms with van der Waals surface area (Å²) >= 11 is 0. The zero-order chi connectivity index (χ0) is 10.7. The van der Waals surface area contributed by atoms with E-state index in [0.29, 0.717) is 18.1 Å². The maximum atomic E-state index is 11.4. The van der Waals surface area contributed by atoms with Gasteiger partial charge in [-0.2, -0.15) is 0 Å². The molecule has 4 heteroatoms. The van der Waals surface area contributed by atoms with Crippen molar-refractivity contribution in [2.75, 3.05) is 6.61 Å². The van der Waals surface area contributed by atoms with Crippen LogP contribution in [0.15, 0.2) is 10.8 Å². The van der Waals surface area contributed by atoms with Crippen LogP contribution in [0.1, 0.15) is 42.4 Å². The number of rotatable bonds is 5. The van der Waals surface area contributed by atoms with E-state index in [9.17, 15) is 4.79 Å². The minimum atomic E-state index is -0.378. The fourth-order valence-electron chi connectivity index (χ4n) is 1.56. The highest BCUT2D eigenvalue weighted by atomic mass is 16.5. The number of oxazole rings is 1. The minimum absolute atomic E-state index is 0.345. The fraction of sp³-hybridized carbons (Fsp3) is 0.636. The Kier molecular flexibility index (Phi) is 3.04. The largest absolute Gasteiger partial charge is 0.461 e. The first-order valence-corrected chi connectivity index (χ1v) is 5.40. The summed E-state index contributed by atoms with van der Waals surface area (Å²) in [7, 11) is 0. The van der Waals surface area contributed by atoms with Crippen molar-refractivity contribution < 1.29 is 13.9 Å². The van der Waals surface area contributed by atoms with E-state index in [4.69, 9.17) is 9.15 Å². The van der Waals surface area contributed by atoms with E-state index in [1.807, 2.05) is 0 Å². The van der Waals surface area contributed by atoms with Crippen molar-refractivity contribution in [2.24, 2.45) is 5.92 Å². The maximum absolute atomic E-state index is 11.4. The molecule has 1 aliphatic carbocycles. The van der Waals surface area contributed by atoms with Crippen LogP contribution in [0.25, 0.3) is 0 Å². The second-order valence-electron chi connectivity index (χ2n) is 3.83. The van der Waals surface area contributed by atoms with Crippen LogP contribution in [0.4, 0.5) is 0 Å². The molecule has 82 valence electrons. The average Bonchev–Trinajstić information content (AvgIpc) is 2.93. The summed E-state index contributed by atoms with van der Waals surface area (Å²) in [5, 5.41) is 0. The summed E-state index contributed by atoms with van der Waals surface area (Å²) in [6.45, 7) is 2.15. The van der Waals surface area contributed by atoms with Gasteiger partial charge in [0.25, 0.3) is 0 Å². The molecule has 2 rings (SSSR count). The summed E-state index contributed by atoms with van der Waals surface area (Å²) in [5.74, 6) is 1.11. The molecule has 0 spiro atoms. The molecule has 4 nitrogen and oxygen atoms in total. The van der Waals surface area contributed by atoms with Crippen molar-refractivity contribution in [2.45, 2.75) is 32.6 Å². The lowest BCUT2D eigenvalue weighted by atomic mass is 10.1. The number of aryl methyl sites for hydroxylation is 1. The van der Waals surface area contributed by atoms with Crippen LogP contribution in [0.5, 0.6) is 0 Å². The van der Waals surface area contributed by atoms with Crippen LogP contribution in [0, 0.1) is 5.92 Å². The molecular formula is C11H15NO3. The van der Waals surface area contributed by atoms with E-state index in [2.05, 4.69) is 4.98 Å². The molecule has 0 radical (unpaired) electrons. The number of hydrogen-bond donors (Lipinski definition) is 0. The summed E-state index contributed by atoms with van der Waals surface area (Å²) in [4.78, 5) is 15.3. The highest BCUT2D eigenvalue weighted by Gasteiger charge is 2.24. The van der Waals surface area contributed by atoms with Gasteiger partial charge in [-0.3, -0.25) is 0 Å². The second kappa shape index (κ2) is 4.47. The Morgan fingerprint density at radius 2 is 2.47 bits per heavy atom. The molecule has 0 bridgehead atoms. The molecule has 1 aromatic rings. The van der Waals surface area contributed by atoms with Crippen molar-refractivity contribution >= 4 is 5.97 Å². The lowest BCUT2D eigenvalue weighted by molar-refractivity contribution is 0.0517. The highest BCUT2D eigenvalue weighted by molar-refractivity contribution is 5.88. The van der Waals surface area contributed by atoms with Gasteiger partial charge in [-0.1, -0.05) is 12.8 Å². The Morgan fingerprint density at radius 3 is 3.13 bits per heavy atom. The predicted octanol–water partition coefficient (Wildman–Crippen LogP) is 2.19. The van der Waals surface area contributed by atoms with E-state index < -0.39 is 0 Å². The Bertz CT molecular complexity index is 341. The quantitative estimate of drug-likeness (QED) is 0.697.